The number of aromatic amines is 2. The molecule has 2 fully saturated rings. The highest BCUT2D eigenvalue weighted by atomic mass is 16.6. The lowest BCUT2D eigenvalue weighted by molar-refractivity contribution is -0.712. The van der Waals surface area contributed by atoms with Gasteiger partial charge in [-0.25, -0.2) is 0 Å². The number of nitrogens with zero attached hydrogens (tertiary/aromatic N) is 1. The summed E-state index contributed by atoms with van der Waals surface area (Å²) in [6, 6.07) is -0.226. The van der Waals surface area contributed by atoms with Crippen LogP contribution in [0.25, 0.3) is 11.0 Å². The zero-order chi connectivity index (χ0) is 14.7. The van der Waals surface area contributed by atoms with E-state index >= 15 is 0 Å². The number of aromatic nitrogens is 3. The number of aliphatic hydroxyl groups excluding tert-OH is 2. The van der Waals surface area contributed by atoms with Crippen LogP contribution < -0.4 is 16.6 Å². The van der Waals surface area contributed by atoms with Crippen molar-refractivity contribution >= 4 is 17.0 Å². The molecular formula is C12H16N5O4+. The van der Waals surface area contributed by atoms with Gasteiger partial charge in [0.05, 0.1) is 5.39 Å². The number of rotatable bonds is 3. The molecule has 2 aromatic heterocycles. The molecule has 3 heterocycles. The van der Waals surface area contributed by atoms with Crippen molar-refractivity contribution in [3.8, 4) is 0 Å². The second-order valence-corrected chi connectivity index (χ2v) is 5.55. The van der Waals surface area contributed by atoms with Crippen LogP contribution in [0.2, 0.25) is 0 Å². The van der Waals surface area contributed by atoms with E-state index in [9.17, 15) is 15.0 Å². The number of nitrogens with one attached hydrogen (secondary N) is 2. The summed E-state index contributed by atoms with van der Waals surface area (Å²) in [6.07, 6.45) is -0.317. The van der Waals surface area contributed by atoms with E-state index in [1.165, 1.54) is 0 Å². The van der Waals surface area contributed by atoms with Crippen LogP contribution in [0.5, 0.6) is 0 Å². The van der Waals surface area contributed by atoms with Gasteiger partial charge in [0, 0.05) is 11.8 Å². The Bertz CT molecular complexity index is 756. The van der Waals surface area contributed by atoms with E-state index < -0.39 is 12.2 Å². The van der Waals surface area contributed by atoms with Crippen molar-refractivity contribution in [3.05, 3.63) is 22.1 Å². The van der Waals surface area contributed by atoms with Gasteiger partial charge < -0.3 is 31.0 Å². The summed E-state index contributed by atoms with van der Waals surface area (Å²) >= 11 is 0. The molecule has 1 aliphatic heterocycles. The number of quaternary nitrogens is 1. The van der Waals surface area contributed by atoms with Crippen LogP contribution in [0.15, 0.2) is 11.0 Å². The van der Waals surface area contributed by atoms with Crippen molar-refractivity contribution < 1.29 is 20.3 Å². The molecule has 2 aliphatic rings. The molecule has 1 saturated carbocycles. The summed E-state index contributed by atoms with van der Waals surface area (Å²) in [5.41, 5.74) is 6.40. The van der Waals surface area contributed by atoms with Gasteiger partial charge in [0.15, 0.2) is 0 Å². The average Bonchev–Trinajstić information content (AvgIpc) is 3.05. The molecule has 0 radical (unpaired) electrons. The minimum Gasteiger partial charge on any atom is -0.387 e. The van der Waals surface area contributed by atoms with Crippen LogP contribution in [0, 0.1) is 0 Å². The number of nitrogens with two attached hydrogens (primary N) is 2. The quantitative estimate of drug-likeness (QED) is 0.327. The summed E-state index contributed by atoms with van der Waals surface area (Å²) < 4.78 is 5.30. The average molecular weight is 294 g/mol. The lowest BCUT2D eigenvalue weighted by Crippen LogP contribution is -2.92. The predicted octanol–water partition coefficient (Wildman–Crippen LogP) is -3.23. The second-order valence-electron chi connectivity index (χ2n) is 5.55. The summed E-state index contributed by atoms with van der Waals surface area (Å²) in [4.78, 5) is 21.3. The topological polar surface area (TPSA) is 157 Å². The summed E-state index contributed by atoms with van der Waals surface area (Å²) in [7, 11) is 0. The zero-order valence-electron chi connectivity index (χ0n) is 11.0. The third-order valence-electron chi connectivity index (χ3n) is 4.27. The Balaban J connectivity index is 1.57. The lowest BCUT2D eigenvalue weighted by Gasteiger charge is -2.17. The first-order chi connectivity index (χ1) is 10.1. The fourth-order valence-electron chi connectivity index (χ4n) is 3.16. The number of anilines is 1. The molecule has 21 heavy (non-hydrogen) atoms. The maximum atomic E-state index is 11.9. The number of epoxide rings is 1. The molecule has 9 heteroatoms. The maximum Gasteiger partial charge on any atom is 0.262 e. The molecule has 0 spiro atoms. The summed E-state index contributed by atoms with van der Waals surface area (Å²) in [6.45, 7) is 0.468. The molecule has 0 unspecified atom stereocenters. The Morgan fingerprint density at radius 3 is 2.90 bits per heavy atom. The monoisotopic (exact) mass is 294 g/mol. The number of hydrogen-bond acceptors (Lipinski definition) is 6. The number of fused-ring (bicyclic) bond motifs is 2. The second kappa shape index (κ2) is 4.28. The van der Waals surface area contributed by atoms with Gasteiger partial charge in [0.2, 0.25) is 5.95 Å². The number of nitrogen functional groups attached to an aromatic ring is 1. The highest BCUT2D eigenvalue weighted by molar-refractivity contribution is 5.79. The number of H-pyrrole nitrogens is 2. The highest BCUT2D eigenvalue weighted by Crippen LogP contribution is 2.37. The van der Waals surface area contributed by atoms with Crippen molar-refractivity contribution in [1.82, 2.24) is 15.0 Å². The van der Waals surface area contributed by atoms with Crippen molar-refractivity contribution in [2.75, 3.05) is 5.73 Å². The highest BCUT2D eigenvalue weighted by Gasteiger charge is 2.63. The molecule has 2 aromatic rings. The van der Waals surface area contributed by atoms with Gasteiger partial charge in [-0.3, -0.25) is 9.78 Å². The molecule has 112 valence electrons. The van der Waals surface area contributed by atoms with E-state index in [0.717, 1.165) is 5.56 Å². The molecule has 1 saturated heterocycles. The molecule has 8 N–H and O–H groups in total. The Hall–Kier alpha value is -1.94. The molecule has 0 bridgehead atoms. The van der Waals surface area contributed by atoms with Crippen LogP contribution in [-0.4, -0.2) is 55.6 Å². The first-order valence-electron chi connectivity index (χ1n) is 6.77. The van der Waals surface area contributed by atoms with Crippen LogP contribution in [0.4, 0.5) is 5.95 Å². The van der Waals surface area contributed by atoms with Crippen LogP contribution >= 0.6 is 0 Å². The van der Waals surface area contributed by atoms with E-state index in [1.54, 1.807) is 6.20 Å². The van der Waals surface area contributed by atoms with Gasteiger partial charge >= 0.3 is 0 Å². The number of hydrogen-bond donors (Lipinski definition) is 6. The molecule has 0 aromatic carbocycles. The van der Waals surface area contributed by atoms with E-state index in [1.807, 2.05) is 5.32 Å². The lowest BCUT2D eigenvalue weighted by atomic mass is 10.1. The van der Waals surface area contributed by atoms with Crippen molar-refractivity contribution in [2.24, 2.45) is 0 Å². The van der Waals surface area contributed by atoms with Gasteiger partial charge in [-0.15, -0.1) is 0 Å². The third kappa shape index (κ3) is 1.86. The van der Waals surface area contributed by atoms with Gasteiger partial charge in [-0.05, 0) is 0 Å². The van der Waals surface area contributed by atoms with Gasteiger partial charge in [-0.2, -0.15) is 4.98 Å². The minimum absolute atomic E-state index is 0.0634. The Labute approximate surface area is 118 Å². The van der Waals surface area contributed by atoms with Gasteiger partial charge in [0.25, 0.3) is 5.56 Å². The molecule has 9 nitrogen and oxygen atoms in total. The summed E-state index contributed by atoms with van der Waals surface area (Å²) in [5, 5.41) is 22.0. The standard InChI is InChI=1S/C12H15N5O4/c13-12-16-10-4(11(20)17-12)3(2-15-10)1-14-5-6(18)7(19)9-8(5)21-9/h2,5-9,14,18-19H,1H2,(H4,13,15,16,17,20)/p+1/t5-,6-,7-,8-,9+/m1/s1. The Kier molecular flexibility index (Phi) is 2.60. The van der Waals surface area contributed by atoms with Crippen molar-refractivity contribution in [1.29, 1.82) is 0 Å². The predicted molar refractivity (Wildman–Crippen MR) is 71.2 cm³/mol. The zero-order valence-corrected chi connectivity index (χ0v) is 11.0. The summed E-state index contributed by atoms with van der Waals surface area (Å²) in [5.74, 6) is 0.0634. The van der Waals surface area contributed by atoms with Crippen molar-refractivity contribution in [2.45, 2.75) is 37.0 Å². The van der Waals surface area contributed by atoms with E-state index in [0.29, 0.717) is 17.6 Å². The van der Waals surface area contributed by atoms with Crippen LogP contribution in [0.1, 0.15) is 5.56 Å². The maximum absolute atomic E-state index is 11.9. The molecule has 0 amide bonds. The first-order valence-corrected chi connectivity index (χ1v) is 6.77. The normalized spacial score (nSPS) is 34.3. The van der Waals surface area contributed by atoms with Crippen molar-refractivity contribution in [3.63, 3.8) is 0 Å². The SMILES string of the molecule is Nc1nc2[nH]cc(C[NH2+][C@@H]3[C@@H](O)[C@@H](O)[C@@H]4O[C@H]34)c2c(=O)[nH]1. The smallest absolute Gasteiger partial charge is 0.262 e. The largest absolute Gasteiger partial charge is 0.387 e. The Morgan fingerprint density at radius 1 is 1.38 bits per heavy atom. The molecule has 1 aliphatic carbocycles. The minimum atomic E-state index is -0.830. The van der Waals surface area contributed by atoms with E-state index in [-0.39, 0.29) is 29.8 Å². The van der Waals surface area contributed by atoms with Gasteiger partial charge in [-0.1, -0.05) is 0 Å². The molecule has 5 atom stereocenters. The fraction of sp³-hybridized carbons (Fsp3) is 0.500. The fourth-order valence-corrected chi connectivity index (χ4v) is 3.16. The van der Waals surface area contributed by atoms with Crippen LogP contribution in [-0.2, 0) is 11.3 Å². The molecular weight excluding hydrogens is 278 g/mol. The molecule has 4 rings (SSSR count). The van der Waals surface area contributed by atoms with Crippen LogP contribution in [0.3, 0.4) is 0 Å². The number of ether oxygens (including phenoxy) is 1. The van der Waals surface area contributed by atoms with E-state index in [2.05, 4.69) is 15.0 Å². The van der Waals surface area contributed by atoms with E-state index in [4.69, 9.17) is 10.5 Å². The first kappa shape index (κ1) is 12.8. The Morgan fingerprint density at radius 2 is 2.19 bits per heavy atom. The number of aliphatic hydroxyl groups is 2. The third-order valence-corrected chi connectivity index (χ3v) is 4.27. The van der Waals surface area contributed by atoms with Gasteiger partial charge in [0.1, 0.15) is 42.6 Å².